The first-order chi connectivity index (χ1) is 18.9. The lowest BCUT2D eigenvalue weighted by molar-refractivity contribution is 0.0515. The Bertz CT molecular complexity index is 1630. The lowest BCUT2D eigenvalue weighted by Gasteiger charge is -2.18. The van der Waals surface area contributed by atoms with Crippen LogP contribution in [0.25, 0.3) is 10.8 Å². The van der Waals surface area contributed by atoms with Gasteiger partial charge in [0.1, 0.15) is 17.9 Å². The molecule has 1 aromatic heterocycles. The van der Waals surface area contributed by atoms with Gasteiger partial charge in [-0.25, -0.2) is 8.89 Å². The van der Waals surface area contributed by atoms with Crippen molar-refractivity contribution in [2.75, 3.05) is 25.4 Å². The molecule has 0 radical (unpaired) electrons. The van der Waals surface area contributed by atoms with Crippen LogP contribution in [0.5, 0.6) is 11.6 Å². The fraction of sp³-hybridized carbons (Fsp3) is 0.310. The number of benzene rings is 3. The molecule has 1 saturated heterocycles. The van der Waals surface area contributed by atoms with E-state index in [0.717, 1.165) is 35.6 Å². The summed E-state index contributed by atoms with van der Waals surface area (Å²) in [6.07, 6.45) is 4.15. The van der Waals surface area contributed by atoms with Crippen LogP contribution in [-0.2, 0) is 28.1 Å². The number of carbonyl (C=O) groups excluding carboxylic acids is 1. The molecule has 1 aliphatic rings. The number of aryl methyl sites for hydroxylation is 1. The number of carbonyl (C=O) groups is 1. The molecule has 0 aliphatic carbocycles. The number of hydrogen-bond acceptors (Lipinski definition) is 7. The fourth-order valence-corrected chi connectivity index (χ4v) is 7.16. The molecule has 3 aromatic carbocycles. The number of methoxy groups -OCH3 is 1. The average Bonchev–Trinajstić information content (AvgIpc) is 3.32. The van der Waals surface area contributed by atoms with E-state index >= 15 is 0 Å². The van der Waals surface area contributed by atoms with E-state index in [1.54, 1.807) is 19.2 Å². The summed E-state index contributed by atoms with van der Waals surface area (Å²) in [6.45, 7) is 0.216. The van der Waals surface area contributed by atoms with Crippen molar-refractivity contribution < 1.29 is 23.2 Å². The first-order valence-corrected chi connectivity index (χ1v) is 15.0. The van der Waals surface area contributed by atoms with Gasteiger partial charge in [-0.05, 0) is 47.4 Å². The van der Waals surface area contributed by atoms with E-state index in [1.807, 2.05) is 30.3 Å². The number of hydrogen-bond donors (Lipinski definition) is 0. The van der Waals surface area contributed by atoms with Gasteiger partial charge in [-0.1, -0.05) is 54.4 Å². The largest absolute Gasteiger partial charge is 0.472 e. The lowest BCUT2D eigenvalue weighted by Crippen LogP contribution is -2.16. The molecule has 0 spiro atoms. The number of ether oxygens (including phenoxy) is 3. The van der Waals surface area contributed by atoms with E-state index in [1.165, 1.54) is 18.0 Å². The number of rotatable bonds is 9. The molecule has 204 valence electrons. The van der Waals surface area contributed by atoms with Gasteiger partial charge < -0.3 is 14.2 Å². The fourth-order valence-electron chi connectivity index (χ4n) is 4.62. The number of halogens is 1. The van der Waals surface area contributed by atoms with E-state index < -0.39 is 9.73 Å². The molecule has 2 heterocycles. The van der Waals surface area contributed by atoms with E-state index in [9.17, 15) is 9.00 Å². The zero-order chi connectivity index (χ0) is 27.4. The predicted octanol–water partition coefficient (Wildman–Crippen LogP) is 6.30. The van der Waals surface area contributed by atoms with Crippen molar-refractivity contribution in [2.45, 2.75) is 25.9 Å². The van der Waals surface area contributed by atoms with Gasteiger partial charge in [-0.3, -0.25) is 4.79 Å². The maximum atomic E-state index is 13.7. The molecule has 0 saturated carbocycles. The molecule has 1 fully saturated rings. The van der Waals surface area contributed by atoms with Crippen molar-refractivity contribution in [1.82, 2.24) is 9.78 Å². The van der Waals surface area contributed by atoms with Gasteiger partial charge >= 0.3 is 0 Å². The van der Waals surface area contributed by atoms with Crippen LogP contribution in [0.15, 0.2) is 65.2 Å². The van der Waals surface area contributed by atoms with Crippen molar-refractivity contribution in [1.29, 1.82) is 0 Å². The maximum absolute atomic E-state index is 13.7. The van der Waals surface area contributed by atoms with E-state index in [0.29, 0.717) is 23.1 Å². The van der Waals surface area contributed by atoms with E-state index in [4.69, 9.17) is 25.8 Å². The van der Waals surface area contributed by atoms with Crippen molar-refractivity contribution >= 4 is 43.6 Å². The van der Waals surface area contributed by atoms with E-state index in [-0.39, 0.29) is 41.0 Å². The highest BCUT2D eigenvalue weighted by Crippen LogP contribution is 2.41. The molecule has 1 aliphatic heterocycles. The molecule has 4 aromatic rings. The smallest absolute Gasteiger partial charge is 0.223 e. The van der Waals surface area contributed by atoms with Gasteiger partial charge in [-0.15, -0.1) is 0 Å². The normalized spacial score (nSPS) is 14.7. The van der Waals surface area contributed by atoms with Gasteiger partial charge in [0.15, 0.2) is 12.5 Å². The van der Waals surface area contributed by atoms with Crippen molar-refractivity contribution in [3.63, 3.8) is 0 Å². The summed E-state index contributed by atoms with van der Waals surface area (Å²) >= 11 is 6.78. The highest BCUT2D eigenvalue weighted by molar-refractivity contribution is 7.93. The van der Waals surface area contributed by atoms with Gasteiger partial charge in [-0.2, -0.15) is 9.46 Å². The molecule has 0 N–H and O–H groups in total. The Kier molecular flexibility index (Phi) is 8.20. The van der Waals surface area contributed by atoms with E-state index in [2.05, 4.69) is 21.6 Å². The maximum Gasteiger partial charge on any atom is 0.223 e. The van der Waals surface area contributed by atoms with Crippen LogP contribution in [0, 0.1) is 0 Å². The molecule has 10 heteroatoms. The summed E-state index contributed by atoms with van der Waals surface area (Å²) in [5.41, 5.74) is 1.62. The van der Waals surface area contributed by atoms with Crippen molar-refractivity contribution in [2.24, 2.45) is 11.4 Å². The summed E-state index contributed by atoms with van der Waals surface area (Å²) in [5.74, 6) is 1.22. The van der Waals surface area contributed by atoms with Crippen LogP contribution in [0.3, 0.4) is 0 Å². The number of nitrogens with zero attached hydrogens (tertiary/aromatic N) is 3. The average molecular weight is 568 g/mol. The summed E-state index contributed by atoms with van der Waals surface area (Å²) in [4.78, 5) is 13.7. The molecule has 8 nitrogen and oxygen atoms in total. The molecule has 0 unspecified atom stereocenters. The molecular formula is C29H30ClN3O5S. The van der Waals surface area contributed by atoms with Gasteiger partial charge in [0.05, 0.1) is 20.9 Å². The second-order valence-electron chi connectivity index (χ2n) is 9.44. The van der Waals surface area contributed by atoms with Crippen LogP contribution in [0.1, 0.15) is 40.7 Å². The Labute approximate surface area is 233 Å². The number of fused-ring (bicyclic) bond motifs is 1. The van der Waals surface area contributed by atoms with Gasteiger partial charge in [0.2, 0.25) is 11.7 Å². The summed E-state index contributed by atoms with van der Waals surface area (Å²) in [7, 11) is 0.700. The Hall–Kier alpha value is -3.40. The van der Waals surface area contributed by atoms with Crippen LogP contribution in [0.2, 0.25) is 5.02 Å². The molecule has 0 atom stereocenters. The Morgan fingerprint density at radius 1 is 1.03 bits per heavy atom. The number of ketones is 1. The third-order valence-electron chi connectivity index (χ3n) is 6.66. The standard InChI is InChI=1S/C29H30ClN3O5S/c1-33-29(37-18-20-10-11-21-8-4-5-9-22(21)16-20)24(17-31-33)28(34)23-12-13-25(38-19-36-2)27(26(23)30)32-39(35)14-6-3-7-15-39/h4-5,8-13,16-17H,3,6-7,14-15,18-19H2,1-2H3. The zero-order valence-corrected chi connectivity index (χ0v) is 23.5. The van der Waals surface area contributed by atoms with Gasteiger partial charge in [0.25, 0.3) is 0 Å². The lowest BCUT2D eigenvalue weighted by atomic mass is 10.0. The minimum absolute atomic E-state index is 0.0390. The predicted molar refractivity (Wildman–Crippen MR) is 153 cm³/mol. The Balaban J connectivity index is 1.47. The zero-order valence-electron chi connectivity index (χ0n) is 21.9. The molecule has 5 rings (SSSR count). The first kappa shape index (κ1) is 27.2. The Morgan fingerprint density at radius 2 is 1.79 bits per heavy atom. The van der Waals surface area contributed by atoms with Crippen molar-refractivity contribution in [3.05, 3.63) is 82.5 Å². The minimum atomic E-state index is -2.51. The second-order valence-corrected chi connectivity index (χ2v) is 12.4. The first-order valence-electron chi connectivity index (χ1n) is 12.7. The quantitative estimate of drug-likeness (QED) is 0.174. The third kappa shape index (κ3) is 5.95. The SMILES string of the molecule is COCOc1ccc(C(=O)c2cnn(C)c2OCc2ccc3ccccc3c2)c(Cl)c1N=S1(=O)CCCCC1. The summed E-state index contributed by atoms with van der Waals surface area (Å²) in [6, 6.07) is 17.4. The molecular weight excluding hydrogens is 538 g/mol. The summed E-state index contributed by atoms with van der Waals surface area (Å²) in [5, 5.41) is 6.58. The minimum Gasteiger partial charge on any atom is -0.472 e. The molecule has 0 amide bonds. The van der Waals surface area contributed by atoms with Gasteiger partial charge in [0, 0.05) is 31.2 Å². The third-order valence-corrected chi connectivity index (χ3v) is 9.41. The molecule has 39 heavy (non-hydrogen) atoms. The highest BCUT2D eigenvalue weighted by atomic mass is 35.5. The van der Waals surface area contributed by atoms with Crippen LogP contribution >= 0.6 is 11.6 Å². The van der Waals surface area contributed by atoms with Crippen LogP contribution < -0.4 is 9.47 Å². The summed E-state index contributed by atoms with van der Waals surface area (Å²) < 4.78 is 36.3. The topological polar surface area (TPSA) is 92.0 Å². The second kappa shape index (κ2) is 11.8. The molecule has 0 bridgehead atoms. The number of aromatic nitrogens is 2. The van der Waals surface area contributed by atoms with Crippen LogP contribution in [0.4, 0.5) is 5.69 Å². The van der Waals surface area contributed by atoms with Crippen molar-refractivity contribution in [3.8, 4) is 11.6 Å². The van der Waals surface area contributed by atoms with Crippen LogP contribution in [-0.4, -0.2) is 45.2 Å². The Morgan fingerprint density at radius 3 is 2.56 bits per heavy atom. The monoisotopic (exact) mass is 567 g/mol. The highest BCUT2D eigenvalue weighted by Gasteiger charge is 2.26.